The Labute approximate surface area is 99.8 Å². The van der Waals surface area contributed by atoms with Crippen LogP contribution < -0.4 is 0 Å². The Morgan fingerprint density at radius 1 is 0.625 bits per heavy atom. The summed E-state index contributed by atoms with van der Waals surface area (Å²) in [7, 11) is 0. The van der Waals surface area contributed by atoms with Gasteiger partial charge in [0.25, 0.3) is 0 Å². The molecule has 2 nitrogen and oxygen atoms in total. The van der Waals surface area contributed by atoms with Crippen LogP contribution in [0.4, 0.5) is 0 Å². The molecule has 1 rings (SSSR count). The van der Waals surface area contributed by atoms with Gasteiger partial charge in [-0.05, 0) is 25.7 Å². The summed E-state index contributed by atoms with van der Waals surface area (Å²) >= 11 is 0. The summed E-state index contributed by atoms with van der Waals surface area (Å²) in [6.45, 7) is 1.84. The Balaban J connectivity index is 2.13. The zero-order chi connectivity index (χ0) is 11.5. The molecule has 94 valence electrons. The van der Waals surface area contributed by atoms with Crippen molar-refractivity contribution in [1.82, 2.24) is 0 Å². The van der Waals surface area contributed by atoms with E-state index in [-0.39, 0.29) is 0 Å². The molecular formula is C14H26O2. The summed E-state index contributed by atoms with van der Waals surface area (Å²) in [5.74, 6) is 0.478. The van der Waals surface area contributed by atoms with Gasteiger partial charge in [-0.25, -0.2) is 0 Å². The maximum absolute atomic E-state index is 11.5. The maximum atomic E-state index is 11.5. The fraction of sp³-hybridized carbons (Fsp3) is 0.929. The normalized spacial score (nSPS) is 23.4. The minimum Gasteiger partial charge on any atom is -0.381 e. The first kappa shape index (κ1) is 13.7. The molecule has 0 amide bonds. The predicted octanol–water partition coefficient (Wildman–Crippen LogP) is 3.88. The molecule has 1 aliphatic heterocycles. The zero-order valence-corrected chi connectivity index (χ0v) is 10.5. The van der Waals surface area contributed by atoms with Crippen molar-refractivity contribution in [2.75, 3.05) is 13.2 Å². The molecule has 1 aliphatic rings. The van der Waals surface area contributed by atoms with Crippen LogP contribution in [0.25, 0.3) is 0 Å². The van der Waals surface area contributed by atoms with Crippen LogP contribution in [0.5, 0.6) is 0 Å². The summed E-state index contributed by atoms with van der Waals surface area (Å²) < 4.78 is 5.56. The van der Waals surface area contributed by atoms with Crippen LogP contribution in [0, 0.1) is 0 Å². The van der Waals surface area contributed by atoms with Gasteiger partial charge in [0.2, 0.25) is 0 Å². The van der Waals surface area contributed by atoms with Crippen molar-refractivity contribution in [2.45, 2.75) is 70.6 Å². The number of hydrogen-bond donors (Lipinski definition) is 0. The van der Waals surface area contributed by atoms with Gasteiger partial charge in [0.05, 0.1) is 0 Å². The second kappa shape index (κ2) is 9.83. The van der Waals surface area contributed by atoms with E-state index in [2.05, 4.69) is 0 Å². The first-order valence-electron chi connectivity index (χ1n) is 6.99. The average Bonchev–Trinajstić information content (AvgIpc) is 2.29. The van der Waals surface area contributed by atoms with E-state index in [1.807, 2.05) is 0 Å². The number of rotatable bonds is 0. The Bertz CT molecular complexity index is 160. The van der Waals surface area contributed by atoms with E-state index < -0.39 is 0 Å². The molecular weight excluding hydrogens is 200 g/mol. The first-order valence-corrected chi connectivity index (χ1v) is 6.99. The topological polar surface area (TPSA) is 26.3 Å². The lowest BCUT2D eigenvalue weighted by molar-refractivity contribution is -0.119. The van der Waals surface area contributed by atoms with E-state index >= 15 is 0 Å². The van der Waals surface area contributed by atoms with Crippen LogP contribution in [0.2, 0.25) is 0 Å². The molecule has 0 spiro atoms. The fourth-order valence-electron chi connectivity index (χ4n) is 2.16. The van der Waals surface area contributed by atoms with Gasteiger partial charge in [-0.1, -0.05) is 32.1 Å². The van der Waals surface area contributed by atoms with Crippen molar-refractivity contribution in [1.29, 1.82) is 0 Å². The lowest BCUT2D eigenvalue weighted by Gasteiger charge is -2.03. The average molecular weight is 226 g/mol. The van der Waals surface area contributed by atoms with Crippen LogP contribution in [-0.4, -0.2) is 19.0 Å². The molecule has 0 aromatic heterocycles. The number of carbonyl (C=O) groups is 1. The van der Waals surface area contributed by atoms with Gasteiger partial charge >= 0.3 is 0 Å². The number of Topliss-reactive ketones (excluding diaryl/α,β-unsaturated/α-hetero) is 1. The highest BCUT2D eigenvalue weighted by molar-refractivity contribution is 5.78. The number of ether oxygens (including phenoxy) is 1. The smallest absolute Gasteiger partial charge is 0.132 e. The van der Waals surface area contributed by atoms with Crippen molar-refractivity contribution in [2.24, 2.45) is 0 Å². The van der Waals surface area contributed by atoms with E-state index in [4.69, 9.17) is 4.74 Å². The van der Waals surface area contributed by atoms with Crippen molar-refractivity contribution in [3.8, 4) is 0 Å². The quantitative estimate of drug-likeness (QED) is 0.626. The van der Waals surface area contributed by atoms with Crippen LogP contribution in [0.15, 0.2) is 0 Å². The van der Waals surface area contributed by atoms with Gasteiger partial charge in [0.15, 0.2) is 0 Å². The molecule has 1 saturated heterocycles. The molecule has 1 fully saturated rings. The van der Waals surface area contributed by atoms with Gasteiger partial charge in [0, 0.05) is 26.1 Å². The minimum atomic E-state index is 0.478. The highest BCUT2D eigenvalue weighted by Gasteiger charge is 2.02. The van der Waals surface area contributed by atoms with Crippen molar-refractivity contribution in [3.05, 3.63) is 0 Å². The van der Waals surface area contributed by atoms with Crippen molar-refractivity contribution in [3.63, 3.8) is 0 Å². The third-order valence-corrected chi connectivity index (χ3v) is 3.24. The van der Waals surface area contributed by atoms with Crippen LogP contribution in [0.1, 0.15) is 70.6 Å². The maximum Gasteiger partial charge on any atom is 0.132 e. The van der Waals surface area contributed by atoms with E-state index in [9.17, 15) is 4.79 Å². The number of carbonyl (C=O) groups excluding carboxylic acids is 1. The van der Waals surface area contributed by atoms with Gasteiger partial charge in [-0.2, -0.15) is 0 Å². The van der Waals surface area contributed by atoms with E-state index in [1.165, 1.54) is 38.5 Å². The predicted molar refractivity (Wildman–Crippen MR) is 66.6 cm³/mol. The molecule has 0 aromatic carbocycles. The molecule has 0 unspecified atom stereocenters. The third-order valence-electron chi connectivity index (χ3n) is 3.24. The van der Waals surface area contributed by atoms with Gasteiger partial charge in [0.1, 0.15) is 5.78 Å². The second-order valence-electron chi connectivity index (χ2n) is 4.83. The summed E-state index contributed by atoms with van der Waals surface area (Å²) in [4.78, 5) is 11.5. The van der Waals surface area contributed by atoms with Crippen LogP contribution in [-0.2, 0) is 9.53 Å². The Morgan fingerprint density at radius 3 is 1.62 bits per heavy atom. The molecule has 0 saturated carbocycles. The Morgan fingerprint density at radius 2 is 1.06 bits per heavy atom. The molecule has 0 bridgehead atoms. The summed E-state index contributed by atoms with van der Waals surface area (Å²) in [5.41, 5.74) is 0. The van der Waals surface area contributed by atoms with Gasteiger partial charge in [-0.15, -0.1) is 0 Å². The van der Waals surface area contributed by atoms with Gasteiger partial charge in [-0.3, -0.25) is 4.79 Å². The van der Waals surface area contributed by atoms with E-state index in [1.54, 1.807) is 0 Å². The van der Waals surface area contributed by atoms with Crippen molar-refractivity contribution < 1.29 is 9.53 Å². The Hall–Kier alpha value is -0.370. The van der Waals surface area contributed by atoms with Crippen LogP contribution in [0.3, 0.4) is 0 Å². The standard InChI is InChI=1S/C14H26O2/c15-14-10-6-2-1-4-8-12-16-13-9-5-3-7-11-14/h1-13H2. The molecule has 0 radical (unpaired) electrons. The highest BCUT2D eigenvalue weighted by atomic mass is 16.5. The fourth-order valence-corrected chi connectivity index (χ4v) is 2.16. The monoisotopic (exact) mass is 226 g/mol. The lowest BCUT2D eigenvalue weighted by atomic mass is 10.0. The lowest BCUT2D eigenvalue weighted by Crippen LogP contribution is -1.98. The largest absolute Gasteiger partial charge is 0.381 e. The molecule has 2 heteroatoms. The molecule has 0 N–H and O–H groups in total. The SMILES string of the molecule is O=C1CCCCCCCOCCCCCC1. The highest BCUT2D eigenvalue weighted by Crippen LogP contribution is 2.10. The molecule has 16 heavy (non-hydrogen) atoms. The number of hydrogen-bond acceptors (Lipinski definition) is 2. The summed E-state index contributed by atoms with van der Waals surface area (Å²) in [5, 5.41) is 0. The van der Waals surface area contributed by atoms with Crippen molar-refractivity contribution >= 4 is 5.78 Å². The number of ketones is 1. The molecule has 1 heterocycles. The van der Waals surface area contributed by atoms with E-state index in [0.717, 1.165) is 45.3 Å². The first-order chi connectivity index (χ1) is 7.89. The van der Waals surface area contributed by atoms with Crippen LogP contribution >= 0.6 is 0 Å². The molecule has 0 atom stereocenters. The Kier molecular flexibility index (Phi) is 8.41. The minimum absolute atomic E-state index is 0.478. The second-order valence-corrected chi connectivity index (χ2v) is 4.83. The zero-order valence-electron chi connectivity index (χ0n) is 10.5. The van der Waals surface area contributed by atoms with Gasteiger partial charge < -0.3 is 4.74 Å². The summed E-state index contributed by atoms with van der Waals surface area (Å²) in [6.07, 6.45) is 12.3. The summed E-state index contributed by atoms with van der Waals surface area (Å²) in [6, 6.07) is 0. The molecule has 0 aromatic rings. The third kappa shape index (κ3) is 7.86. The van der Waals surface area contributed by atoms with E-state index in [0.29, 0.717) is 5.78 Å². The molecule has 0 aliphatic carbocycles.